The van der Waals surface area contributed by atoms with Gasteiger partial charge in [-0.2, -0.15) is 0 Å². The molecule has 27 heavy (non-hydrogen) atoms. The van der Waals surface area contributed by atoms with Gasteiger partial charge in [-0.15, -0.1) is 0 Å². The van der Waals surface area contributed by atoms with E-state index in [1.165, 1.54) is 19.1 Å². The van der Waals surface area contributed by atoms with Crippen LogP contribution in [0.5, 0.6) is 0 Å². The van der Waals surface area contributed by atoms with Gasteiger partial charge < -0.3 is 15.5 Å². The van der Waals surface area contributed by atoms with Crippen molar-refractivity contribution in [1.82, 2.24) is 10.2 Å². The molecular weight excluding hydrogens is 368 g/mol. The summed E-state index contributed by atoms with van der Waals surface area (Å²) in [5.74, 6) is -0.486. The SMILES string of the molecule is CC(=O)Nc1ccc(NS(C)(=O)=O)c(C(=O)N2CCC3(CCNC3)CC2)c1. The molecule has 2 aliphatic rings. The Hall–Kier alpha value is -2.13. The second kappa shape index (κ2) is 7.47. The normalized spacial score (nSPS) is 19.1. The van der Waals surface area contributed by atoms with Gasteiger partial charge in [0.2, 0.25) is 15.9 Å². The van der Waals surface area contributed by atoms with Crippen molar-refractivity contribution in [2.24, 2.45) is 5.41 Å². The number of piperidine rings is 1. The molecule has 148 valence electrons. The van der Waals surface area contributed by atoms with Gasteiger partial charge in [0.15, 0.2) is 0 Å². The van der Waals surface area contributed by atoms with Crippen LogP contribution in [-0.4, -0.2) is 57.6 Å². The Morgan fingerprint density at radius 1 is 1.19 bits per heavy atom. The standard InChI is InChI=1S/C18H26N4O4S/c1-13(23)20-14-3-4-16(21-27(2,25)26)15(11-14)17(24)22-9-6-18(7-10-22)5-8-19-12-18/h3-4,11,19,21H,5-10,12H2,1-2H3,(H,20,23). The molecule has 2 fully saturated rings. The fourth-order valence-corrected chi connectivity index (χ4v) is 4.45. The molecule has 0 atom stereocenters. The minimum atomic E-state index is -3.53. The average molecular weight is 394 g/mol. The lowest BCUT2D eigenvalue weighted by molar-refractivity contribution is -0.114. The van der Waals surface area contributed by atoms with E-state index in [1.54, 1.807) is 11.0 Å². The quantitative estimate of drug-likeness (QED) is 0.712. The third-order valence-electron chi connectivity index (χ3n) is 5.31. The summed E-state index contributed by atoms with van der Waals surface area (Å²) in [7, 11) is -3.53. The van der Waals surface area contributed by atoms with E-state index in [0.29, 0.717) is 18.8 Å². The van der Waals surface area contributed by atoms with Crippen molar-refractivity contribution in [3.8, 4) is 0 Å². The van der Waals surface area contributed by atoms with Crippen LogP contribution in [0.15, 0.2) is 18.2 Å². The lowest BCUT2D eigenvalue weighted by Crippen LogP contribution is -2.44. The van der Waals surface area contributed by atoms with E-state index in [0.717, 1.165) is 38.6 Å². The van der Waals surface area contributed by atoms with Crippen molar-refractivity contribution in [2.45, 2.75) is 26.2 Å². The first-order valence-electron chi connectivity index (χ1n) is 9.07. The summed E-state index contributed by atoms with van der Waals surface area (Å²) in [6.45, 7) is 4.68. The third-order valence-corrected chi connectivity index (χ3v) is 5.90. The highest BCUT2D eigenvalue weighted by Gasteiger charge is 2.38. The molecule has 0 unspecified atom stereocenters. The lowest BCUT2D eigenvalue weighted by atomic mass is 9.78. The largest absolute Gasteiger partial charge is 0.339 e. The molecule has 0 aromatic heterocycles. The number of sulfonamides is 1. The van der Waals surface area contributed by atoms with Gasteiger partial charge in [0.05, 0.1) is 17.5 Å². The smallest absolute Gasteiger partial charge is 0.256 e. The molecule has 8 nitrogen and oxygen atoms in total. The second-order valence-electron chi connectivity index (χ2n) is 7.53. The van der Waals surface area contributed by atoms with Gasteiger partial charge in [-0.1, -0.05) is 0 Å². The summed E-state index contributed by atoms with van der Waals surface area (Å²) in [5, 5.41) is 6.04. The van der Waals surface area contributed by atoms with Gasteiger partial charge in [-0.25, -0.2) is 8.42 Å². The predicted octanol–water partition coefficient (Wildman–Crippen LogP) is 1.23. The van der Waals surface area contributed by atoms with Crippen molar-refractivity contribution >= 4 is 33.2 Å². The van der Waals surface area contributed by atoms with E-state index in [9.17, 15) is 18.0 Å². The van der Waals surface area contributed by atoms with Crippen LogP contribution in [0.2, 0.25) is 0 Å². The number of carbonyl (C=O) groups is 2. The van der Waals surface area contributed by atoms with Crippen LogP contribution >= 0.6 is 0 Å². The van der Waals surface area contributed by atoms with Crippen LogP contribution in [0.3, 0.4) is 0 Å². The molecule has 0 saturated carbocycles. The van der Waals surface area contributed by atoms with Crippen molar-refractivity contribution in [2.75, 3.05) is 42.5 Å². The van der Waals surface area contributed by atoms with E-state index in [2.05, 4.69) is 15.4 Å². The lowest BCUT2D eigenvalue weighted by Gasteiger charge is -2.39. The number of nitrogens with one attached hydrogen (secondary N) is 3. The van der Waals surface area contributed by atoms with Crippen LogP contribution in [-0.2, 0) is 14.8 Å². The number of anilines is 2. The summed E-state index contributed by atoms with van der Waals surface area (Å²) in [5.41, 5.74) is 1.20. The Morgan fingerprint density at radius 2 is 1.89 bits per heavy atom. The highest BCUT2D eigenvalue weighted by Crippen LogP contribution is 2.37. The number of carbonyl (C=O) groups excluding carboxylic acids is 2. The molecule has 0 bridgehead atoms. The molecule has 2 heterocycles. The fourth-order valence-electron chi connectivity index (χ4n) is 3.87. The third kappa shape index (κ3) is 4.78. The number of nitrogens with zero attached hydrogens (tertiary/aromatic N) is 1. The van der Waals surface area contributed by atoms with E-state index >= 15 is 0 Å². The molecule has 1 aromatic carbocycles. The van der Waals surface area contributed by atoms with Gasteiger partial charge in [-0.3, -0.25) is 14.3 Å². The van der Waals surface area contributed by atoms with Crippen molar-refractivity contribution in [3.05, 3.63) is 23.8 Å². The van der Waals surface area contributed by atoms with Gasteiger partial charge in [-0.05, 0) is 49.4 Å². The second-order valence-corrected chi connectivity index (χ2v) is 9.28. The molecule has 0 radical (unpaired) electrons. The number of hydrogen-bond acceptors (Lipinski definition) is 5. The Morgan fingerprint density at radius 3 is 2.44 bits per heavy atom. The average Bonchev–Trinajstić information content (AvgIpc) is 3.03. The Labute approximate surface area is 159 Å². The minimum absolute atomic E-state index is 0.222. The molecule has 1 spiro atoms. The zero-order chi connectivity index (χ0) is 19.7. The van der Waals surface area contributed by atoms with Gasteiger partial charge in [0.1, 0.15) is 0 Å². The molecule has 2 aliphatic heterocycles. The Kier molecular flexibility index (Phi) is 5.43. The minimum Gasteiger partial charge on any atom is -0.339 e. The topological polar surface area (TPSA) is 108 Å². The number of hydrogen-bond donors (Lipinski definition) is 3. The molecular formula is C18H26N4O4S. The number of likely N-dealkylation sites (tertiary alicyclic amines) is 1. The molecule has 3 N–H and O–H groups in total. The molecule has 2 amide bonds. The predicted molar refractivity (Wildman–Crippen MR) is 104 cm³/mol. The monoisotopic (exact) mass is 394 g/mol. The molecule has 1 aromatic rings. The summed E-state index contributed by atoms with van der Waals surface area (Å²) in [4.78, 5) is 26.2. The maximum atomic E-state index is 13.1. The van der Waals surface area contributed by atoms with Crippen molar-refractivity contribution in [1.29, 1.82) is 0 Å². The van der Waals surface area contributed by atoms with Gasteiger partial charge in [0.25, 0.3) is 5.91 Å². The molecule has 9 heteroatoms. The Bertz CT molecular complexity index is 837. The highest BCUT2D eigenvalue weighted by molar-refractivity contribution is 7.92. The van der Waals surface area contributed by atoms with Crippen molar-refractivity contribution in [3.63, 3.8) is 0 Å². The van der Waals surface area contributed by atoms with Gasteiger partial charge in [0, 0.05) is 32.2 Å². The zero-order valence-corrected chi connectivity index (χ0v) is 16.5. The molecule has 3 rings (SSSR count). The zero-order valence-electron chi connectivity index (χ0n) is 15.7. The maximum absolute atomic E-state index is 13.1. The van der Waals surface area contributed by atoms with Crippen LogP contribution in [0, 0.1) is 5.41 Å². The fraction of sp³-hybridized carbons (Fsp3) is 0.556. The van der Waals surface area contributed by atoms with E-state index in [-0.39, 0.29) is 28.5 Å². The van der Waals surface area contributed by atoms with E-state index in [1.807, 2.05) is 0 Å². The first-order valence-corrected chi connectivity index (χ1v) is 11.0. The summed E-state index contributed by atoms with van der Waals surface area (Å²) < 4.78 is 25.7. The molecule has 0 aliphatic carbocycles. The first-order chi connectivity index (χ1) is 12.7. The van der Waals surface area contributed by atoms with Crippen LogP contribution in [0.25, 0.3) is 0 Å². The van der Waals surface area contributed by atoms with E-state index < -0.39 is 10.0 Å². The summed E-state index contributed by atoms with van der Waals surface area (Å²) >= 11 is 0. The Balaban J connectivity index is 1.83. The highest BCUT2D eigenvalue weighted by atomic mass is 32.2. The number of rotatable bonds is 4. The number of benzene rings is 1. The summed E-state index contributed by atoms with van der Waals surface area (Å²) in [6, 6.07) is 4.60. The van der Waals surface area contributed by atoms with Crippen LogP contribution < -0.4 is 15.4 Å². The molecule has 2 saturated heterocycles. The van der Waals surface area contributed by atoms with Crippen LogP contribution in [0.1, 0.15) is 36.5 Å². The van der Waals surface area contributed by atoms with Gasteiger partial charge >= 0.3 is 0 Å². The van der Waals surface area contributed by atoms with Crippen LogP contribution in [0.4, 0.5) is 11.4 Å². The maximum Gasteiger partial charge on any atom is 0.256 e. The number of amides is 2. The van der Waals surface area contributed by atoms with Crippen molar-refractivity contribution < 1.29 is 18.0 Å². The van der Waals surface area contributed by atoms with E-state index in [4.69, 9.17) is 0 Å². The summed E-state index contributed by atoms with van der Waals surface area (Å²) in [6.07, 6.45) is 4.05. The first kappa shape index (κ1) is 19.6.